The maximum atomic E-state index is 13.3. The molecule has 2 N–H and O–H groups in total. The molecule has 0 spiro atoms. The van der Waals surface area contributed by atoms with Crippen molar-refractivity contribution in [2.75, 3.05) is 26.2 Å². The molecule has 0 bridgehead atoms. The fraction of sp³-hybridized carbons (Fsp3) is 0.522. The lowest BCUT2D eigenvalue weighted by Gasteiger charge is -2.40. The molecule has 2 aromatic rings. The molecule has 0 aliphatic carbocycles. The second-order valence-corrected chi connectivity index (χ2v) is 9.11. The van der Waals surface area contributed by atoms with Gasteiger partial charge in [-0.2, -0.15) is 0 Å². The lowest BCUT2D eigenvalue weighted by Crippen LogP contribution is -2.63. The van der Waals surface area contributed by atoms with Gasteiger partial charge in [-0.25, -0.2) is 4.98 Å². The van der Waals surface area contributed by atoms with Crippen molar-refractivity contribution >= 4 is 28.4 Å². The van der Waals surface area contributed by atoms with Crippen LogP contribution in [0.5, 0.6) is 0 Å². The Balaban J connectivity index is 1.76. The van der Waals surface area contributed by atoms with Gasteiger partial charge in [0.05, 0.1) is 0 Å². The Hall–Kier alpha value is -2.67. The summed E-state index contributed by atoms with van der Waals surface area (Å²) in [5.41, 5.74) is 2.87. The van der Waals surface area contributed by atoms with Crippen molar-refractivity contribution in [1.82, 2.24) is 25.1 Å². The van der Waals surface area contributed by atoms with Crippen molar-refractivity contribution in [3.05, 3.63) is 35.7 Å². The molecule has 160 valence electrons. The molecule has 2 aromatic heterocycles. The Kier molecular flexibility index (Phi) is 5.40. The molecule has 4 heterocycles. The Morgan fingerprint density at radius 3 is 2.77 bits per heavy atom. The highest BCUT2D eigenvalue weighted by atomic mass is 16.2. The number of nitrogens with zero attached hydrogens (tertiary/aromatic N) is 3. The van der Waals surface area contributed by atoms with E-state index < -0.39 is 5.54 Å². The zero-order valence-electron chi connectivity index (χ0n) is 18.3. The molecule has 0 aromatic carbocycles. The minimum absolute atomic E-state index is 0.133. The van der Waals surface area contributed by atoms with Crippen LogP contribution >= 0.6 is 0 Å². The predicted molar refractivity (Wildman–Crippen MR) is 118 cm³/mol. The molecule has 1 fully saturated rings. The number of rotatable bonds is 4. The van der Waals surface area contributed by atoms with Crippen molar-refractivity contribution in [3.63, 3.8) is 0 Å². The fourth-order valence-corrected chi connectivity index (χ4v) is 4.33. The number of carbonyl (C=O) groups excluding carboxylic acids is 2. The van der Waals surface area contributed by atoms with E-state index in [1.807, 2.05) is 6.07 Å². The maximum absolute atomic E-state index is 13.3. The van der Waals surface area contributed by atoms with Gasteiger partial charge in [-0.15, -0.1) is 0 Å². The van der Waals surface area contributed by atoms with Crippen LogP contribution in [0.2, 0.25) is 0 Å². The third-order valence-corrected chi connectivity index (χ3v) is 6.01. The highest BCUT2D eigenvalue weighted by Gasteiger charge is 2.41. The third kappa shape index (κ3) is 3.62. The van der Waals surface area contributed by atoms with Crippen LogP contribution in [0.15, 0.2) is 24.4 Å². The molecule has 4 rings (SSSR count). The predicted octanol–water partition coefficient (Wildman–Crippen LogP) is 2.42. The first-order valence-electron chi connectivity index (χ1n) is 10.8. The SMILES string of the molecule is CC(C)Cn1cc(C2=CCNCC2)c2ccc(C(=O)N3CCNC(=O)C3(C)C)nc21. The first-order chi connectivity index (χ1) is 14.3. The summed E-state index contributed by atoms with van der Waals surface area (Å²) in [4.78, 5) is 32.0. The van der Waals surface area contributed by atoms with Crippen LogP contribution in [0.1, 0.15) is 50.2 Å². The van der Waals surface area contributed by atoms with E-state index in [-0.39, 0.29) is 11.8 Å². The quantitative estimate of drug-likeness (QED) is 0.813. The van der Waals surface area contributed by atoms with Gasteiger partial charge in [-0.05, 0) is 50.4 Å². The van der Waals surface area contributed by atoms with Gasteiger partial charge in [0.15, 0.2) is 0 Å². The summed E-state index contributed by atoms with van der Waals surface area (Å²) in [7, 11) is 0. The molecule has 2 amide bonds. The van der Waals surface area contributed by atoms with E-state index in [4.69, 9.17) is 4.98 Å². The second-order valence-electron chi connectivity index (χ2n) is 9.11. The summed E-state index contributed by atoms with van der Waals surface area (Å²) in [6.45, 7) is 11.5. The normalized spacial score (nSPS) is 19.2. The highest BCUT2D eigenvalue weighted by Crippen LogP contribution is 2.30. The summed E-state index contributed by atoms with van der Waals surface area (Å²) in [6, 6.07) is 3.82. The molecule has 30 heavy (non-hydrogen) atoms. The van der Waals surface area contributed by atoms with Crippen LogP contribution < -0.4 is 10.6 Å². The maximum Gasteiger partial charge on any atom is 0.273 e. The number of piperazine rings is 1. The summed E-state index contributed by atoms with van der Waals surface area (Å²) in [5, 5.41) is 7.28. The van der Waals surface area contributed by atoms with Crippen molar-refractivity contribution in [2.45, 2.75) is 46.2 Å². The third-order valence-electron chi connectivity index (χ3n) is 6.01. The number of carbonyl (C=O) groups is 2. The number of hydrogen-bond donors (Lipinski definition) is 2. The molecule has 0 saturated carbocycles. The minimum Gasteiger partial charge on any atom is -0.352 e. The number of hydrogen-bond acceptors (Lipinski definition) is 4. The van der Waals surface area contributed by atoms with Crippen LogP contribution in [0.25, 0.3) is 16.6 Å². The van der Waals surface area contributed by atoms with E-state index >= 15 is 0 Å². The lowest BCUT2D eigenvalue weighted by atomic mass is 9.98. The average molecular weight is 410 g/mol. The van der Waals surface area contributed by atoms with Crippen LogP contribution in [0.4, 0.5) is 0 Å². The Morgan fingerprint density at radius 1 is 1.27 bits per heavy atom. The molecule has 0 atom stereocenters. The molecular weight excluding hydrogens is 378 g/mol. The van der Waals surface area contributed by atoms with Crippen LogP contribution in [0.3, 0.4) is 0 Å². The molecule has 2 aliphatic heterocycles. The fourth-order valence-electron chi connectivity index (χ4n) is 4.33. The van der Waals surface area contributed by atoms with E-state index in [2.05, 4.69) is 41.3 Å². The number of amides is 2. The van der Waals surface area contributed by atoms with Gasteiger partial charge in [-0.1, -0.05) is 19.9 Å². The summed E-state index contributed by atoms with van der Waals surface area (Å²) < 4.78 is 2.17. The largest absolute Gasteiger partial charge is 0.352 e. The summed E-state index contributed by atoms with van der Waals surface area (Å²) in [6.07, 6.45) is 5.41. The Labute approximate surface area is 177 Å². The summed E-state index contributed by atoms with van der Waals surface area (Å²) in [5.74, 6) is 0.129. The lowest BCUT2D eigenvalue weighted by molar-refractivity contribution is -0.133. The summed E-state index contributed by atoms with van der Waals surface area (Å²) >= 11 is 0. The van der Waals surface area contributed by atoms with Gasteiger partial charge in [0.1, 0.15) is 16.9 Å². The van der Waals surface area contributed by atoms with Gasteiger partial charge in [-0.3, -0.25) is 9.59 Å². The number of fused-ring (bicyclic) bond motifs is 1. The van der Waals surface area contributed by atoms with E-state index in [0.717, 1.165) is 37.1 Å². The molecule has 7 heteroatoms. The van der Waals surface area contributed by atoms with Crippen LogP contribution in [-0.4, -0.2) is 58.0 Å². The monoisotopic (exact) mass is 409 g/mol. The van der Waals surface area contributed by atoms with Crippen molar-refractivity contribution in [2.24, 2.45) is 5.92 Å². The van der Waals surface area contributed by atoms with Crippen LogP contribution in [0, 0.1) is 5.92 Å². The van der Waals surface area contributed by atoms with E-state index in [1.165, 1.54) is 11.1 Å². The number of pyridine rings is 1. The Bertz CT molecular complexity index is 1020. The molecule has 0 radical (unpaired) electrons. The average Bonchev–Trinajstić information content (AvgIpc) is 3.07. The van der Waals surface area contributed by atoms with Gasteiger partial charge in [0.2, 0.25) is 5.91 Å². The number of nitrogens with one attached hydrogen (secondary N) is 2. The first-order valence-corrected chi connectivity index (χ1v) is 10.8. The van der Waals surface area contributed by atoms with Gasteiger partial charge >= 0.3 is 0 Å². The zero-order valence-corrected chi connectivity index (χ0v) is 18.3. The van der Waals surface area contributed by atoms with Crippen molar-refractivity contribution in [1.29, 1.82) is 0 Å². The van der Waals surface area contributed by atoms with Crippen molar-refractivity contribution < 1.29 is 9.59 Å². The molecule has 1 saturated heterocycles. The number of aromatic nitrogens is 2. The minimum atomic E-state index is -0.892. The van der Waals surface area contributed by atoms with Gasteiger partial charge in [0, 0.05) is 43.3 Å². The smallest absolute Gasteiger partial charge is 0.273 e. The standard InChI is InChI=1S/C23H31N5O2/c1-15(2)13-27-14-18(16-7-9-24-10-8-16)17-5-6-19(26-20(17)27)21(29)28-12-11-25-22(30)23(28,3)4/h5-7,14-15,24H,8-13H2,1-4H3,(H,25,30). The van der Waals surface area contributed by atoms with Crippen molar-refractivity contribution in [3.8, 4) is 0 Å². The molecule has 7 nitrogen and oxygen atoms in total. The molecule has 0 unspecified atom stereocenters. The van der Waals surface area contributed by atoms with Gasteiger partial charge in [0.25, 0.3) is 5.91 Å². The first kappa shape index (κ1) is 20.6. The van der Waals surface area contributed by atoms with Gasteiger partial charge < -0.3 is 20.1 Å². The Morgan fingerprint density at radius 2 is 2.07 bits per heavy atom. The van der Waals surface area contributed by atoms with E-state index in [1.54, 1.807) is 24.8 Å². The van der Waals surface area contributed by atoms with E-state index in [9.17, 15) is 9.59 Å². The molecule has 2 aliphatic rings. The van der Waals surface area contributed by atoms with E-state index in [0.29, 0.717) is 24.7 Å². The highest BCUT2D eigenvalue weighted by molar-refractivity contribution is 6.00. The zero-order chi connectivity index (χ0) is 21.5. The topological polar surface area (TPSA) is 79.3 Å². The van der Waals surface area contributed by atoms with Crippen LogP contribution in [-0.2, 0) is 11.3 Å². The second kappa shape index (κ2) is 7.87. The molecular formula is C23H31N5O2.